The van der Waals surface area contributed by atoms with Gasteiger partial charge in [0.15, 0.2) is 0 Å². The number of aryl methyl sites for hydroxylation is 1. The highest BCUT2D eigenvalue weighted by molar-refractivity contribution is 7.99. The predicted molar refractivity (Wildman–Crippen MR) is 91.4 cm³/mol. The number of anilines is 2. The summed E-state index contributed by atoms with van der Waals surface area (Å²) in [5, 5.41) is 9.60. The van der Waals surface area contributed by atoms with Crippen LogP contribution in [0.1, 0.15) is 25.0 Å². The van der Waals surface area contributed by atoms with Crippen LogP contribution in [0, 0.1) is 18.3 Å². The van der Waals surface area contributed by atoms with E-state index in [-0.39, 0.29) is 0 Å². The second-order valence-electron chi connectivity index (χ2n) is 4.73. The average molecular weight is 296 g/mol. The maximum atomic E-state index is 9.60. The van der Waals surface area contributed by atoms with Gasteiger partial charge in [0, 0.05) is 17.1 Å². The Morgan fingerprint density at radius 3 is 2.38 bits per heavy atom. The van der Waals surface area contributed by atoms with Gasteiger partial charge in [-0.15, -0.1) is 11.8 Å². The van der Waals surface area contributed by atoms with E-state index in [0.29, 0.717) is 0 Å². The molecule has 0 saturated carbocycles. The molecule has 0 atom stereocenters. The van der Waals surface area contributed by atoms with Crippen molar-refractivity contribution in [2.75, 3.05) is 17.2 Å². The quantitative estimate of drug-likeness (QED) is 0.715. The molecule has 0 heterocycles. The van der Waals surface area contributed by atoms with Gasteiger partial charge in [0.1, 0.15) is 6.07 Å². The second-order valence-corrected chi connectivity index (χ2v) is 6.03. The lowest BCUT2D eigenvalue weighted by atomic mass is 10.1. The fourth-order valence-electron chi connectivity index (χ4n) is 2.47. The number of thioether (sulfide) groups is 1. The van der Waals surface area contributed by atoms with Gasteiger partial charge >= 0.3 is 0 Å². The Balaban J connectivity index is 2.56. The number of nitriles is 1. The van der Waals surface area contributed by atoms with Gasteiger partial charge in [-0.2, -0.15) is 5.26 Å². The average Bonchev–Trinajstić information content (AvgIpc) is 2.50. The molecule has 0 aromatic heterocycles. The maximum absolute atomic E-state index is 9.60. The molecule has 0 aliphatic rings. The van der Waals surface area contributed by atoms with Crippen LogP contribution in [0.5, 0.6) is 0 Å². The number of rotatable bonds is 5. The highest BCUT2D eigenvalue weighted by atomic mass is 32.2. The van der Waals surface area contributed by atoms with Gasteiger partial charge in [-0.3, -0.25) is 0 Å². The van der Waals surface area contributed by atoms with Gasteiger partial charge in [-0.25, -0.2) is 0 Å². The van der Waals surface area contributed by atoms with Crippen LogP contribution in [0.2, 0.25) is 0 Å². The van der Waals surface area contributed by atoms with Gasteiger partial charge in [-0.1, -0.05) is 31.2 Å². The van der Waals surface area contributed by atoms with Gasteiger partial charge in [0.25, 0.3) is 0 Å². The molecule has 0 saturated heterocycles. The third kappa shape index (κ3) is 3.22. The van der Waals surface area contributed by atoms with Crippen LogP contribution in [-0.2, 0) is 0 Å². The first kappa shape index (κ1) is 15.5. The molecule has 2 rings (SSSR count). The largest absolute Gasteiger partial charge is 0.340 e. The molecule has 0 N–H and O–H groups in total. The lowest BCUT2D eigenvalue weighted by Gasteiger charge is -2.26. The Kier molecular flexibility index (Phi) is 5.30. The van der Waals surface area contributed by atoms with Gasteiger partial charge in [0.05, 0.1) is 11.3 Å². The second kappa shape index (κ2) is 7.19. The summed E-state index contributed by atoms with van der Waals surface area (Å²) < 4.78 is 0. The smallest absolute Gasteiger partial charge is 0.103 e. The zero-order valence-corrected chi connectivity index (χ0v) is 13.6. The first-order valence-corrected chi connectivity index (χ1v) is 8.20. The molecule has 0 fully saturated rings. The summed E-state index contributed by atoms with van der Waals surface area (Å²) in [6, 6.07) is 16.8. The molecular formula is C18H20N2S. The molecule has 0 radical (unpaired) electrons. The van der Waals surface area contributed by atoms with E-state index < -0.39 is 0 Å². The van der Waals surface area contributed by atoms with Crippen molar-refractivity contribution in [3.63, 3.8) is 0 Å². The SMILES string of the molecule is CCSc1cccc(N(CC)c2ccccc2C)c1C#N. The number of nitrogens with zero attached hydrogens (tertiary/aromatic N) is 2. The van der Waals surface area contributed by atoms with E-state index >= 15 is 0 Å². The third-order valence-corrected chi connectivity index (χ3v) is 4.37. The first-order valence-electron chi connectivity index (χ1n) is 7.22. The summed E-state index contributed by atoms with van der Waals surface area (Å²) in [5.41, 5.74) is 4.15. The van der Waals surface area contributed by atoms with Gasteiger partial charge < -0.3 is 4.90 Å². The van der Waals surface area contributed by atoms with E-state index in [1.807, 2.05) is 30.3 Å². The van der Waals surface area contributed by atoms with Crippen molar-refractivity contribution >= 4 is 23.1 Å². The van der Waals surface area contributed by atoms with Crippen LogP contribution in [0.15, 0.2) is 47.4 Å². The molecule has 2 nitrogen and oxygen atoms in total. The molecule has 2 aromatic rings. The van der Waals surface area contributed by atoms with Crippen LogP contribution in [-0.4, -0.2) is 12.3 Å². The molecule has 0 spiro atoms. The number of benzene rings is 2. The molecule has 3 heteroatoms. The van der Waals surface area contributed by atoms with E-state index in [0.717, 1.165) is 34.1 Å². The lowest BCUT2D eigenvalue weighted by Crippen LogP contribution is -2.18. The number of para-hydroxylation sites is 1. The monoisotopic (exact) mass is 296 g/mol. The fourth-order valence-corrected chi connectivity index (χ4v) is 3.25. The summed E-state index contributed by atoms with van der Waals surface area (Å²) in [4.78, 5) is 3.28. The maximum Gasteiger partial charge on any atom is 0.103 e. The molecule has 2 aromatic carbocycles. The van der Waals surface area contributed by atoms with E-state index in [4.69, 9.17) is 0 Å². The fraction of sp³-hybridized carbons (Fsp3) is 0.278. The normalized spacial score (nSPS) is 10.2. The van der Waals surface area contributed by atoms with E-state index in [1.54, 1.807) is 11.8 Å². The summed E-state index contributed by atoms with van der Waals surface area (Å²) in [6.45, 7) is 7.17. The van der Waals surface area contributed by atoms with Crippen LogP contribution < -0.4 is 4.90 Å². The summed E-state index contributed by atoms with van der Waals surface area (Å²) in [6.07, 6.45) is 0. The molecule has 21 heavy (non-hydrogen) atoms. The van der Waals surface area contributed by atoms with E-state index in [2.05, 4.69) is 43.9 Å². The Hall–Kier alpha value is -1.92. The minimum absolute atomic E-state index is 0.773. The molecule has 0 amide bonds. The van der Waals surface area contributed by atoms with Gasteiger partial charge in [0.2, 0.25) is 0 Å². The van der Waals surface area contributed by atoms with Crippen molar-refractivity contribution in [1.82, 2.24) is 0 Å². The zero-order valence-electron chi connectivity index (χ0n) is 12.8. The highest BCUT2D eigenvalue weighted by Gasteiger charge is 2.16. The predicted octanol–water partition coefficient (Wildman–Crippen LogP) is 5.14. The van der Waals surface area contributed by atoms with Gasteiger partial charge in [-0.05, 0) is 43.4 Å². The first-order chi connectivity index (χ1) is 10.2. The van der Waals surface area contributed by atoms with Crippen LogP contribution in [0.4, 0.5) is 11.4 Å². The van der Waals surface area contributed by atoms with Crippen molar-refractivity contribution < 1.29 is 0 Å². The van der Waals surface area contributed by atoms with Crippen molar-refractivity contribution in [3.05, 3.63) is 53.6 Å². The van der Waals surface area contributed by atoms with Crippen LogP contribution in [0.25, 0.3) is 0 Å². The van der Waals surface area contributed by atoms with Crippen LogP contribution in [0.3, 0.4) is 0 Å². The molecule has 0 aliphatic heterocycles. The Bertz CT molecular complexity index is 659. The zero-order chi connectivity index (χ0) is 15.2. The minimum atomic E-state index is 0.773. The Morgan fingerprint density at radius 1 is 1.05 bits per heavy atom. The minimum Gasteiger partial charge on any atom is -0.340 e. The molecule has 0 bridgehead atoms. The molecule has 108 valence electrons. The van der Waals surface area contributed by atoms with Crippen LogP contribution >= 0.6 is 11.8 Å². The highest BCUT2D eigenvalue weighted by Crippen LogP contribution is 2.35. The Labute approximate surface area is 131 Å². The molecule has 0 aliphatic carbocycles. The lowest BCUT2D eigenvalue weighted by molar-refractivity contribution is 1.01. The summed E-state index contributed by atoms with van der Waals surface area (Å²) in [7, 11) is 0. The molecular weight excluding hydrogens is 276 g/mol. The van der Waals surface area contributed by atoms with Crippen molar-refractivity contribution in [1.29, 1.82) is 5.26 Å². The van der Waals surface area contributed by atoms with Crippen molar-refractivity contribution in [2.45, 2.75) is 25.7 Å². The summed E-state index contributed by atoms with van der Waals surface area (Å²) in [5.74, 6) is 0.967. The Morgan fingerprint density at radius 2 is 1.76 bits per heavy atom. The standard InChI is InChI=1S/C18H20N2S/c1-4-20(16-10-7-6-9-14(16)3)17-11-8-12-18(21-5-2)15(17)13-19/h6-12H,4-5H2,1-3H3. The molecule has 0 unspecified atom stereocenters. The summed E-state index contributed by atoms with van der Waals surface area (Å²) >= 11 is 1.72. The van der Waals surface area contributed by atoms with Crippen molar-refractivity contribution in [3.8, 4) is 6.07 Å². The van der Waals surface area contributed by atoms with Crippen molar-refractivity contribution in [2.24, 2.45) is 0 Å². The third-order valence-electron chi connectivity index (χ3n) is 3.43. The van der Waals surface area contributed by atoms with E-state index in [9.17, 15) is 5.26 Å². The van der Waals surface area contributed by atoms with E-state index in [1.165, 1.54) is 5.56 Å². The number of hydrogen-bond donors (Lipinski definition) is 0. The number of hydrogen-bond acceptors (Lipinski definition) is 3. The topological polar surface area (TPSA) is 27.0 Å².